The number of ether oxygens (including phenoxy) is 1. The van der Waals surface area contributed by atoms with E-state index in [0.717, 1.165) is 0 Å². The van der Waals surface area contributed by atoms with Gasteiger partial charge in [-0.1, -0.05) is 15.9 Å². The first-order valence-corrected chi connectivity index (χ1v) is 6.37. The van der Waals surface area contributed by atoms with E-state index in [2.05, 4.69) is 21.2 Å². The van der Waals surface area contributed by atoms with Crippen molar-refractivity contribution in [3.8, 4) is 0 Å². The van der Waals surface area contributed by atoms with Crippen molar-refractivity contribution in [1.82, 2.24) is 5.32 Å². The first-order chi connectivity index (χ1) is 8.67. The van der Waals surface area contributed by atoms with Gasteiger partial charge >= 0.3 is 6.09 Å². The van der Waals surface area contributed by atoms with E-state index in [0.29, 0.717) is 10.0 Å². The molecule has 1 N–H and O–H groups in total. The molecule has 0 saturated carbocycles. The molecule has 0 aliphatic carbocycles. The third-order valence-corrected chi connectivity index (χ3v) is 2.45. The smallest absolute Gasteiger partial charge is 0.407 e. The molecule has 0 aliphatic rings. The van der Waals surface area contributed by atoms with E-state index in [-0.39, 0.29) is 12.2 Å². The van der Waals surface area contributed by atoms with Gasteiger partial charge in [0.25, 0.3) is 5.69 Å². The molecule has 0 heterocycles. The summed E-state index contributed by atoms with van der Waals surface area (Å²) in [6.45, 7) is 5.44. The third kappa shape index (κ3) is 5.69. The van der Waals surface area contributed by atoms with Gasteiger partial charge in [-0.3, -0.25) is 10.1 Å². The highest BCUT2D eigenvalue weighted by Crippen LogP contribution is 2.21. The van der Waals surface area contributed by atoms with Crippen LogP contribution >= 0.6 is 15.9 Å². The Balaban J connectivity index is 2.68. The van der Waals surface area contributed by atoms with Crippen molar-refractivity contribution in [1.29, 1.82) is 0 Å². The predicted molar refractivity (Wildman–Crippen MR) is 73.9 cm³/mol. The van der Waals surface area contributed by atoms with E-state index in [1.807, 2.05) is 0 Å². The van der Waals surface area contributed by atoms with E-state index in [9.17, 15) is 14.9 Å². The number of nitro groups is 1. The molecule has 1 aromatic carbocycles. The highest BCUT2D eigenvalue weighted by molar-refractivity contribution is 9.10. The minimum absolute atomic E-state index is 0.0321. The highest BCUT2D eigenvalue weighted by Gasteiger charge is 2.16. The molecular formula is C12H15BrN2O4. The first-order valence-electron chi connectivity index (χ1n) is 5.58. The second-order valence-corrected chi connectivity index (χ2v) is 5.85. The number of benzene rings is 1. The number of nitrogens with one attached hydrogen (secondary N) is 1. The molecule has 104 valence electrons. The third-order valence-electron chi connectivity index (χ3n) is 1.99. The quantitative estimate of drug-likeness (QED) is 0.680. The summed E-state index contributed by atoms with van der Waals surface area (Å²) >= 11 is 3.19. The van der Waals surface area contributed by atoms with Gasteiger partial charge in [-0.05, 0) is 32.4 Å². The minimum atomic E-state index is -0.576. The van der Waals surface area contributed by atoms with E-state index in [1.54, 1.807) is 26.8 Å². The Morgan fingerprint density at radius 3 is 2.58 bits per heavy atom. The number of nitro benzene ring substituents is 1. The second kappa shape index (κ2) is 6.01. The van der Waals surface area contributed by atoms with Crippen molar-refractivity contribution >= 4 is 27.7 Å². The van der Waals surface area contributed by atoms with Gasteiger partial charge in [-0.2, -0.15) is 0 Å². The van der Waals surface area contributed by atoms with Gasteiger partial charge in [-0.25, -0.2) is 4.79 Å². The lowest BCUT2D eigenvalue weighted by Crippen LogP contribution is -2.32. The fraction of sp³-hybridized carbons (Fsp3) is 0.417. The van der Waals surface area contributed by atoms with Crippen molar-refractivity contribution in [3.63, 3.8) is 0 Å². The average Bonchev–Trinajstić information content (AvgIpc) is 2.23. The summed E-state index contributed by atoms with van der Waals surface area (Å²) in [6.07, 6.45) is -0.560. The molecule has 7 heteroatoms. The van der Waals surface area contributed by atoms with Crippen molar-refractivity contribution in [3.05, 3.63) is 38.3 Å². The van der Waals surface area contributed by atoms with Crippen molar-refractivity contribution in [2.45, 2.75) is 32.9 Å². The van der Waals surface area contributed by atoms with Gasteiger partial charge in [0.05, 0.1) is 4.92 Å². The summed E-state index contributed by atoms with van der Waals surface area (Å²) in [5.41, 5.74) is 0.00942. The van der Waals surface area contributed by atoms with Crippen LogP contribution in [-0.2, 0) is 11.3 Å². The van der Waals surface area contributed by atoms with E-state index in [4.69, 9.17) is 4.74 Å². The average molecular weight is 331 g/mol. The number of nitrogens with zero attached hydrogens (tertiary/aromatic N) is 1. The van der Waals surface area contributed by atoms with Gasteiger partial charge in [0.15, 0.2) is 0 Å². The lowest BCUT2D eigenvalue weighted by atomic mass is 10.2. The number of hydrogen-bond donors (Lipinski definition) is 1. The van der Waals surface area contributed by atoms with Gasteiger partial charge in [0, 0.05) is 23.2 Å². The van der Waals surface area contributed by atoms with Crippen LogP contribution in [0.2, 0.25) is 0 Å². The molecule has 1 aromatic rings. The first kappa shape index (κ1) is 15.4. The molecule has 0 atom stereocenters. The Morgan fingerprint density at radius 2 is 2.05 bits per heavy atom. The predicted octanol–water partition coefficient (Wildman–Crippen LogP) is 3.38. The minimum Gasteiger partial charge on any atom is -0.444 e. The van der Waals surface area contributed by atoms with Crippen LogP contribution in [-0.4, -0.2) is 16.6 Å². The SMILES string of the molecule is CC(C)(C)OC(=O)NCc1cc(Br)cc([N+](=O)[O-])c1. The summed E-state index contributed by atoms with van der Waals surface area (Å²) < 4.78 is 5.66. The van der Waals surface area contributed by atoms with Crippen LogP contribution in [0.4, 0.5) is 10.5 Å². The molecule has 0 unspecified atom stereocenters. The number of hydrogen-bond acceptors (Lipinski definition) is 4. The maximum atomic E-state index is 11.5. The van der Waals surface area contributed by atoms with Crippen LogP contribution in [0, 0.1) is 10.1 Å². The molecule has 19 heavy (non-hydrogen) atoms. The molecule has 1 amide bonds. The van der Waals surface area contributed by atoms with Gasteiger partial charge in [0.2, 0.25) is 0 Å². The molecule has 0 aliphatic heterocycles. The number of non-ortho nitro benzene ring substituents is 1. The van der Waals surface area contributed by atoms with Crippen molar-refractivity contribution in [2.75, 3.05) is 0 Å². The van der Waals surface area contributed by atoms with Crippen LogP contribution in [0.1, 0.15) is 26.3 Å². The largest absolute Gasteiger partial charge is 0.444 e. The summed E-state index contributed by atoms with van der Waals surface area (Å²) in [5.74, 6) is 0. The molecule has 0 saturated heterocycles. The standard InChI is InChI=1S/C12H15BrN2O4/c1-12(2,3)19-11(16)14-7-8-4-9(13)6-10(5-8)15(17)18/h4-6H,7H2,1-3H3,(H,14,16). The van der Waals surface area contributed by atoms with Crippen LogP contribution in [0.25, 0.3) is 0 Å². The summed E-state index contributed by atoms with van der Waals surface area (Å²) in [7, 11) is 0. The zero-order chi connectivity index (χ0) is 14.6. The lowest BCUT2D eigenvalue weighted by molar-refractivity contribution is -0.385. The fourth-order valence-corrected chi connectivity index (χ4v) is 1.86. The Bertz CT molecular complexity index is 497. The second-order valence-electron chi connectivity index (χ2n) is 4.93. The topological polar surface area (TPSA) is 81.5 Å². The Kier molecular flexibility index (Phi) is 4.88. The number of carbonyl (C=O) groups excluding carboxylic acids is 1. The fourth-order valence-electron chi connectivity index (χ4n) is 1.33. The number of halogens is 1. The van der Waals surface area contributed by atoms with Crippen molar-refractivity contribution < 1.29 is 14.5 Å². The van der Waals surface area contributed by atoms with Crippen molar-refractivity contribution in [2.24, 2.45) is 0 Å². The Hall–Kier alpha value is -1.63. The number of alkyl carbamates (subject to hydrolysis) is 1. The van der Waals surface area contributed by atoms with Crippen LogP contribution in [0.5, 0.6) is 0 Å². The van der Waals surface area contributed by atoms with Crippen LogP contribution in [0.3, 0.4) is 0 Å². The Morgan fingerprint density at radius 1 is 1.42 bits per heavy atom. The molecule has 0 bridgehead atoms. The Labute approximate surface area is 119 Å². The van der Waals surface area contributed by atoms with Gasteiger partial charge in [-0.15, -0.1) is 0 Å². The molecule has 6 nitrogen and oxygen atoms in total. The maximum Gasteiger partial charge on any atom is 0.407 e. The summed E-state index contributed by atoms with van der Waals surface area (Å²) in [5, 5.41) is 13.2. The molecule has 0 radical (unpaired) electrons. The number of amides is 1. The molecule has 1 rings (SSSR count). The monoisotopic (exact) mass is 330 g/mol. The highest BCUT2D eigenvalue weighted by atomic mass is 79.9. The normalized spacial score (nSPS) is 10.9. The maximum absolute atomic E-state index is 11.5. The van der Waals surface area contributed by atoms with E-state index in [1.165, 1.54) is 12.1 Å². The van der Waals surface area contributed by atoms with Crippen LogP contribution in [0.15, 0.2) is 22.7 Å². The summed E-state index contributed by atoms with van der Waals surface area (Å²) in [4.78, 5) is 21.7. The molecule has 0 aromatic heterocycles. The van der Waals surface area contributed by atoms with Gasteiger partial charge in [0.1, 0.15) is 5.60 Å². The zero-order valence-electron chi connectivity index (χ0n) is 10.9. The van der Waals surface area contributed by atoms with E-state index >= 15 is 0 Å². The number of rotatable bonds is 3. The summed E-state index contributed by atoms with van der Waals surface area (Å²) in [6, 6.07) is 4.50. The van der Waals surface area contributed by atoms with Gasteiger partial charge < -0.3 is 10.1 Å². The lowest BCUT2D eigenvalue weighted by Gasteiger charge is -2.19. The molecule has 0 spiro atoms. The molecular weight excluding hydrogens is 316 g/mol. The zero-order valence-corrected chi connectivity index (χ0v) is 12.5. The van der Waals surface area contributed by atoms with Crippen LogP contribution < -0.4 is 5.32 Å². The molecule has 0 fully saturated rings. The number of carbonyl (C=O) groups is 1. The van der Waals surface area contributed by atoms with E-state index < -0.39 is 16.6 Å².